The Morgan fingerprint density at radius 2 is 2.15 bits per heavy atom. The minimum Gasteiger partial charge on any atom is -0.367 e. The average Bonchev–Trinajstić information content (AvgIpc) is 2.83. The molecule has 1 aliphatic carbocycles. The van der Waals surface area contributed by atoms with Crippen molar-refractivity contribution in [2.24, 2.45) is 0 Å². The van der Waals surface area contributed by atoms with Crippen LogP contribution in [0.1, 0.15) is 44.4 Å². The van der Waals surface area contributed by atoms with Crippen molar-refractivity contribution in [3.05, 3.63) is 10.9 Å². The second-order valence-electron chi connectivity index (χ2n) is 5.38. The van der Waals surface area contributed by atoms with Gasteiger partial charge in [0.2, 0.25) is 5.95 Å². The molecule has 0 amide bonds. The zero-order valence-corrected chi connectivity index (χ0v) is 13.0. The van der Waals surface area contributed by atoms with Gasteiger partial charge in [-0.1, -0.05) is 13.8 Å². The summed E-state index contributed by atoms with van der Waals surface area (Å²) in [5.41, 5.74) is 0. The van der Waals surface area contributed by atoms with Crippen molar-refractivity contribution in [3.63, 3.8) is 0 Å². The molecule has 0 bridgehead atoms. The van der Waals surface area contributed by atoms with Crippen molar-refractivity contribution < 1.29 is 0 Å². The normalized spacial score (nSPS) is 15.3. The lowest BCUT2D eigenvalue weighted by molar-refractivity contribution is 0.445. The van der Waals surface area contributed by atoms with Gasteiger partial charge >= 0.3 is 0 Å². The van der Waals surface area contributed by atoms with Crippen molar-refractivity contribution in [2.45, 2.75) is 52.0 Å². The molecule has 2 aromatic heterocycles. The largest absolute Gasteiger partial charge is 0.367 e. The Labute approximate surface area is 124 Å². The van der Waals surface area contributed by atoms with Crippen molar-refractivity contribution in [1.82, 2.24) is 9.97 Å². The van der Waals surface area contributed by atoms with E-state index < -0.39 is 0 Å². The molecule has 2 N–H and O–H groups in total. The average molecular weight is 290 g/mol. The van der Waals surface area contributed by atoms with Gasteiger partial charge in [-0.2, -0.15) is 4.98 Å². The second kappa shape index (κ2) is 5.95. The summed E-state index contributed by atoms with van der Waals surface area (Å²) in [6.07, 6.45) is 5.98. The van der Waals surface area contributed by atoms with Crippen molar-refractivity contribution in [1.29, 1.82) is 0 Å². The van der Waals surface area contributed by atoms with Crippen LogP contribution in [0.2, 0.25) is 0 Å². The summed E-state index contributed by atoms with van der Waals surface area (Å²) in [7, 11) is 0. The summed E-state index contributed by atoms with van der Waals surface area (Å²) in [6.45, 7) is 5.26. The van der Waals surface area contributed by atoms with Crippen LogP contribution in [0.4, 0.5) is 11.8 Å². The molecule has 0 spiro atoms. The number of fused-ring (bicyclic) bond motifs is 1. The Balaban J connectivity index is 1.95. The van der Waals surface area contributed by atoms with Gasteiger partial charge in [0.05, 0.1) is 5.39 Å². The Bertz CT molecular complexity index is 589. The van der Waals surface area contributed by atoms with Gasteiger partial charge in [0, 0.05) is 17.5 Å². The number of thiophene rings is 1. The quantitative estimate of drug-likeness (QED) is 0.843. The van der Waals surface area contributed by atoms with Crippen molar-refractivity contribution in [3.8, 4) is 0 Å². The molecule has 0 aliphatic heterocycles. The van der Waals surface area contributed by atoms with Crippen LogP contribution < -0.4 is 10.6 Å². The maximum absolute atomic E-state index is 4.68. The van der Waals surface area contributed by atoms with E-state index >= 15 is 0 Å². The third-order valence-corrected chi connectivity index (χ3v) is 4.94. The maximum Gasteiger partial charge on any atom is 0.226 e. The van der Waals surface area contributed by atoms with Gasteiger partial charge in [0.25, 0.3) is 0 Å². The van der Waals surface area contributed by atoms with E-state index in [1.165, 1.54) is 29.5 Å². The predicted molar refractivity (Wildman–Crippen MR) is 86.8 cm³/mol. The number of hydrogen-bond acceptors (Lipinski definition) is 5. The highest BCUT2D eigenvalue weighted by Crippen LogP contribution is 2.32. The molecule has 5 heteroatoms. The Morgan fingerprint density at radius 1 is 1.30 bits per heavy atom. The smallest absolute Gasteiger partial charge is 0.226 e. The van der Waals surface area contributed by atoms with Crippen molar-refractivity contribution in [2.75, 3.05) is 17.2 Å². The van der Waals surface area contributed by atoms with Gasteiger partial charge in [-0.05, 0) is 38.2 Å². The fraction of sp³-hybridized carbons (Fsp3) is 0.600. The molecular formula is C15H22N4S. The summed E-state index contributed by atoms with van der Waals surface area (Å²) < 4.78 is 0. The second-order valence-corrected chi connectivity index (χ2v) is 6.50. The zero-order valence-electron chi connectivity index (χ0n) is 12.2. The summed E-state index contributed by atoms with van der Waals surface area (Å²) in [5, 5.41) is 8.08. The standard InChI is InChI=1S/C15H22N4S/c1-3-8-16-15-18-13(17-10-6-5-7-10)12-9-11(4-2)20-14(12)19-15/h9-10H,3-8H2,1-2H3,(H2,16,17,18,19). The van der Waals surface area contributed by atoms with E-state index in [0.29, 0.717) is 6.04 Å². The molecule has 1 fully saturated rings. The molecule has 0 saturated heterocycles. The molecule has 1 aliphatic rings. The fourth-order valence-corrected chi connectivity index (χ4v) is 3.28. The summed E-state index contributed by atoms with van der Waals surface area (Å²) in [4.78, 5) is 11.8. The third-order valence-electron chi connectivity index (χ3n) is 3.77. The van der Waals surface area contributed by atoms with E-state index in [-0.39, 0.29) is 0 Å². The highest BCUT2D eigenvalue weighted by atomic mass is 32.1. The Morgan fingerprint density at radius 3 is 2.80 bits per heavy atom. The van der Waals surface area contributed by atoms with Crippen LogP contribution in [0.5, 0.6) is 0 Å². The van der Waals surface area contributed by atoms with E-state index in [1.54, 1.807) is 11.3 Å². The molecule has 2 heterocycles. The molecule has 4 nitrogen and oxygen atoms in total. The summed E-state index contributed by atoms with van der Waals surface area (Å²) >= 11 is 1.78. The SMILES string of the molecule is CCCNc1nc(NC2CCC2)c2cc(CC)sc2n1. The molecule has 1 saturated carbocycles. The van der Waals surface area contributed by atoms with Gasteiger partial charge in [-0.25, -0.2) is 4.98 Å². The van der Waals surface area contributed by atoms with Crippen LogP contribution in [0.15, 0.2) is 6.07 Å². The number of aromatic nitrogens is 2. The molecule has 2 aromatic rings. The molecule has 108 valence electrons. The van der Waals surface area contributed by atoms with Crippen LogP contribution in [0.25, 0.3) is 10.2 Å². The first-order valence-electron chi connectivity index (χ1n) is 7.61. The molecule has 20 heavy (non-hydrogen) atoms. The number of aryl methyl sites for hydroxylation is 1. The van der Waals surface area contributed by atoms with E-state index in [2.05, 4.69) is 40.5 Å². The Hall–Kier alpha value is -1.36. The van der Waals surface area contributed by atoms with Gasteiger partial charge in [-0.3, -0.25) is 0 Å². The first-order valence-corrected chi connectivity index (χ1v) is 8.42. The van der Waals surface area contributed by atoms with Crippen LogP contribution in [0, 0.1) is 0 Å². The number of anilines is 2. The molecule has 0 radical (unpaired) electrons. The highest BCUT2D eigenvalue weighted by molar-refractivity contribution is 7.18. The first kappa shape index (κ1) is 13.6. The number of rotatable bonds is 6. The highest BCUT2D eigenvalue weighted by Gasteiger charge is 2.20. The van der Waals surface area contributed by atoms with Crippen LogP contribution >= 0.6 is 11.3 Å². The topological polar surface area (TPSA) is 49.8 Å². The fourth-order valence-electron chi connectivity index (χ4n) is 2.32. The summed E-state index contributed by atoms with van der Waals surface area (Å²) in [5.74, 6) is 1.76. The van der Waals surface area contributed by atoms with Crippen LogP contribution in [0.3, 0.4) is 0 Å². The minimum atomic E-state index is 0.595. The van der Waals surface area contributed by atoms with Gasteiger partial charge < -0.3 is 10.6 Å². The lowest BCUT2D eigenvalue weighted by atomic mass is 9.93. The maximum atomic E-state index is 4.68. The third kappa shape index (κ3) is 2.73. The van der Waals surface area contributed by atoms with Gasteiger partial charge in [-0.15, -0.1) is 11.3 Å². The van der Waals surface area contributed by atoms with Gasteiger partial charge in [0.15, 0.2) is 0 Å². The number of hydrogen-bond donors (Lipinski definition) is 2. The molecule has 3 rings (SSSR count). The summed E-state index contributed by atoms with van der Waals surface area (Å²) in [6, 6.07) is 2.84. The van der Waals surface area contributed by atoms with Gasteiger partial charge in [0.1, 0.15) is 10.6 Å². The van der Waals surface area contributed by atoms with E-state index in [0.717, 1.165) is 36.0 Å². The number of nitrogens with one attached hydrogen (secondary N) is 2. The number of nitrogens with zero attached hydrogens (tertiary/aromatic N) is 2. The molecule has 0 aromatic carbocycles. The van der Waals surface area contributed by atoms with Crippen LogP contribution in [-0.2, 0) is 6.42 Å². The first-order chi connectivity index (χ1) is 9.80. The molecular weight excluding hydrogens is 268 g/mol. The monoisotopic (exact) mass is 290 g/mol. The zero-order chi connectivity index (χ0) is 13.9. The Kier molecular flexibility index (Phi) is 4.05. The van der Waals surface area contributed by atoms with E-state index in [1.807, 2.05) is 0 Å². The lowest BCUT2D eigenvalue weighted by Crippen LogP contribution is -2.27. The molecule has 0 atom stereocenters. The van der Waals surface area contributed by atoms with Crippen molar-refractivity contribution >= 4 is 33.3 Å². The lowest BCUT2D eigenvalue weighted by Gasteiger charge is -2.27. The van der Waals surface area contributed by atoms with Crippen LogP contribution in [-0.4, -0.2) is 22.6 Å². The van der Waals surface area contributed by atoms with E-state index in [9.17, 15) is 0 Å². The molecule has 0 unspecified atom stereocenters. The minimum absolute atomic E-state index is 0.595. The predicted octanol–water partition coefficient (Wildman–Crippen LogP) is 4.04. The van der Waals surface area contributed by atoms with E-state index in [4.69, 9.17) is 0 Å².